The molecule has 5 unspecified atom stereocenters. The minimum atomic E-state index is -1.16. The maximum atomic E-state index is 12.3. The third-order valence-electron chi connectivity index (χ3n) is 4.97. The van der Waals surface area contributed by atoms with E-state index in [1.54, 1.807) is 13.1 Å². The average molecular weight is 378 g/mol. The molecule has 1 aromatic heterocycles. The number of carbonyl (C=O) groups is 2. The van der Waals surface area contributed by atoms with Gasteiger partial charge in [0.25, 0.3) is 0 Å². The molecule has 5 atom stereocenters. The zero-order valence-electron chi connectivity index (χ0n) is 14.6. The van der Waals surface area contributed by atoms with Gasteiger partial charge in [0.1, 0.15) is 5.70 Å². The van der Waals surface area contributed by atoms with Gasteiger partial charge in [-0.3, -0.25) is 9.78 Å². The number of hydrogen-bond acceptors (Lipinski definition) is 6. The normalized spacial score (nSPS) is 27.2. The molecule has 3 heterocycles. The monoisotopic (exact) mass is 378 g/mol. The molecule has 1 amide bonds. The number of amides is 1. The zero-order valence-corrected chi connectivity index (χ0v) is 15.4. The fourth-order valence-electron chi connectivity index (χ4n) is 3.75. The van der Waals surface area contributed by atoms with Crippen molar-refractivity contribution in [2.24, 2.45) is 11.8 Å². The summed E-state index contributed by atoms with van der Waals surface area (Å²) in [5.41, 5.74) is 0.789. The van der Waals surface area contributed by atoms with Crippen LogP contribution in [0.1, 0.15) is 19.5 Å². The number of pyridine rings is 1. The van der Waals surface area contributed by atoms with Crippen LogP contribution in [-0.4, -0.2) is 61.1 Å². The van der Waals surface area contributed by atoms with E-state index in [0.29, 0.717) is 11.3 Å². The first-order valence-corrected chi connectivity index (χ1v) is 9.40. The predicted molar refractivity (Wildman–Crippen MR) is 96.0 cm³/mol. The van der Waals surface area contributed by atoms with Crippen molar-refractivity contribution in [1.82, 2.24) is 9.88 Å². The first kappa shape index (κ1) is 18.9. The number of hydrogen-bond donors (Lipinski definition) is 3. The van der Waals surface area contributed by atoms with Crippen LogP contribution in [0.3, 0.4) is 0 Å². The van der Waals surface area contributed by atoms with Crippen molar-refractivity contribution < 1.29 is 24.9 Å². The molecule has 0 radical (unpaired) electrons. The third kappa shape index (κ3) is 3.13. The lowest BCUT2D eigenvalue weighted by Gasteiger charge is -2.46. The summed E-state index contributed by atoms with van der Waals surface area (Å²) in [5, 5.41) is 29.0. The largest absolute Gasteiger partial charge is 0.477 e. The average Bonchev–Trinajstić information content (AvgIpc) is 2.84. The molecule has 0 spiro atoms. The molecule has 26 heavy (non-hydrogen) atoms. The molecule has 0 aliphatic carbocycles. The predicted octanol–water partition coefficient (Wildman–Crippen LogP) is 0.872. The first-order chi connectivity index (χ1) is 12.4. The van der Waals surface area contributed by atoms with E-state index in [-0.39, 0.29) is 35.4 Å². The van der Waals surface area contributed by atoms with E-state index >= 15 is 0 Å². The zero-order chi connectivity index (χ0) is 19.0. The number of nitrogens with zero attached hydrogens (tertiary/aromatic N) is 2. The van der Waals surface area contributed by atoms with Crippen molar-refractivity contribution in [2.75, 3.05) is 6.61 Å². The van der Waals surface area contributed by atoms with Crippen LogP contribution in [0.5, 0.6) is 0 Å². The first-order valence-electron chi connectivity index (χ1n) is 8.52. The van der Waals surface area contributed by atoms with Crippen molar-refractivity contribution in [2.45, 2.75) is 37.7 Å². The highest BCUT2D eigenvalue weighted by molar-refractivity contribution is 8.03. The Kier molecular flexibility index (Phi) is 5.36. The highest BCUT2D eigenvalue weighted by Crippen LogP contribution is 2.51. The van der Waals surface area contributed by atoms with Crippen LogP contribution >= 0.6 is 11.8 Å². The number of β-lactam (4-membered cyclic amide) rings is 1. The molecule has 1 saturated heterocycles. The van der Waals surface area contributed by atoms with E-state index in [1.165, 1.54) is 16.7 Å². The Labute approximate surface area is 155 Å². The SMILES string of the molecule is CC(O)C1C(=O)N2C(C(=O)O)=C(SC(CO)Cc3ccccn3)C(C)C12. The molecule has 8 heteroatoms. The Morgan fingerprint density at radius 3 is 2.69 bits per heavy atom. The summed E-state index contributed by atoms with van der Waals surface area (Å²) in [6, 6.07) is 5.18. The topological polar surface area (TPSA) is 111 Å². The summed E-state index contributed by atoms with van der Waals surface area (Å²) < 4.78 is 0. The van der Waals surface area contributed by atoms with E-state index in [1.807, 2.05) is 25.1 Å². The lowest BCUT2D eigenvalue weighted by molar-refractivity contribution is -0.163. The van der Waals surface area contributed by atoms with Gasteiger partial charge in [0.05, 0.1) is 24.7 Å². The van der Waals surface area contributed by atoms with Crippen LogP contribution in [0.15, 0.2) is 35.0 Å². The van der Waals surface area contributed by atoms with Crippen LogP contribution in [-0.2, 0) is 16.0 Å². The number of carboxylic acid groups (broad SMARTS) is 1. The Hall–Kier alpha value is -1.90. The second-order valence-corrected chi connectivity index (χ2v) is 8.06. The Morgan fingerprint density at radius 2 is 2.15 bits per heavy atom. The van der Waals surface area contributed by atoms with Gasteiger partial charge >= 0.3 is 5.97 Å². The van der Waals surface area contributed by atoms with E-state index in [2.05, 4.69) is 4.98 Å². The fourth-order valence-corrected chi connectivity index (χ4v) is 5.09. The summed E-state index contributed by atoms with van der Waals surface area (Å²) in [6.45, 7) is 3.28. The highest BCUT2D eigenvalue weighted by atomic mass is 32.2. The molecule has 0 saturated carbocycles. The number of carboxylic acids is 1. The Morgan fingerprint density at radius 1 is 1.42 bits per heavy atom. The summed E-state index contributed by atoms with van der Waals surface area (Å²) in [6.07, 6.45) is 1.34. The van der Waals surface area contributed by atoms with Crippen molar-refractivity contribution in [1.29, 1.82) is 0 Å². The molecule has 0 bridgehead atoms. The van der Waals surface area contributed by atoms with Gasteiger partial charge in [0.15, 0.2) is 0 Å². The van der Waals surface area contributed by atoms with Crippen molar-refractivity contribution >= 4 is 23.6 Å². The van der Waals surface area contributed by atoms with E-state index in [4.69, 9.17) is 0 Å². The second-order valence-electron chi connectivity index (χ2n) is 6.72. The maximum Gasteiger partial charge on any atom is 0.353 e. The molecular formula is C18H22N2O5S. The number of fused-ring (bicyclic) bond motifs is 1. The number of aliphatic hydroxyl groups excluding tert-OH is 2. The molecular weight excluding hydrogens is 356 g/mol. The van der Waals surface area contributed by atoms with Crippen LogP contribution in [0.4, 0.5) is 0 Å². The molecule has 140 valence electrons. The van der Waals surface area contributed by atoms with Gasteiger partial charge in [-0.15, -0.1) is 11.8 Å². The van der Waals surface area contributed by atoms with Crippen molar-refractivity contribution in [3.63, 3.8) is 0 Å². The lowest BCUT2D eigenvalue weighted by Crippen LogP contribution is -2.63. The summed E-state index contributed by atoms with van der Waals surface area (Å²) in [4.78, 5) is 30.3. The van der Waals surface area contributed by atoms with Crippen LogP contribution < -0.4 is 0 Å². The fraction of sp³-hybridized carbons (Fsp3) is 0.500. The third-order valence-corrected chi connectivity index (χ3v) is 6.44. The molecule has 2 aliphatic rings. The van der Waals surface area contributed by atoms with Gasteiger partial charge in [-0.25, -0.2) is 4.79 Å². The summed E-state index contributed by atoms with van der Waals surface area (Å²) in [5.74, 6) is -2.30. The van der Waals surface area contributed by atoms with Gasteiger partial charge in [-0.2, -0.15) is 0 Å². The maximum absolute atomic E-state index is 12.3. The van der Waals surface area contributed by atoms with Gasteiger partial charge in [0, 0.05) is 34.4 Å². The van der Waals surface area contributed by atoms with Crippen molar-refractivity contribution in [3.8, 4) is 0 Å². The van der Waals surface area contributed by atoms with E-state index in [0.717, 1.165) is 5.69 Å². The number of carbonyl (C=O) groups excluding carboxylic acids is 1. The Balaban J connectivity index is 1.85. The molecule has 3 N–H and O–H groups in total. The molecule has 7 nitrogen and oxygen atoms in total. The minimum absolute atomic E-state index is 0.0196. The summed E-state index contributed by atoms with van der Waals surface area (Å²) >= 11 is 1.29. The number of aromatic nitrogens is 1. The van der Waals surface area contributed by atoms with E-state index < -0.39 is 18.0 Å². The number of rotatable bonds is 7. The number of thioether (sulfide) groups is 1. The quantitative estimate of drug-likeness (QED) is 0.604. The second kappa shape index (κ2) is 7.38. The Bertz CT molecular complexity index is 736. The van der Waals surface area contributed by atoms with Crippen LogP contribution in [0.2, 0.25) is 0 Å². The molecule has 3 rings (SSSR count). The van der Waals surface area contributed by atoms with Crippen molar-refractivity contribution in [3.05, 3.63) is 40.7 Å². The molecule has 1 fully saturated rings. The van der Waals surface area contributed by atoms with E-state index in [9.17, 15) is 24.9 Å². The molecule has 0 aromatic carbocycles. The lowest BCUT2D eigenvalue weighted by atomic mass is 9.79. The summed E-state index contributed by atoms with van der Waals surface area (Å²) in [7, 11) is 0. The van der Waals surface area contributed by atoms with Gasteiger partial charge in [-0.1, -0.05) is 13.0 Å². The smallest absolute Gasteiger partial charge is 0.353 e. The van der Waals surface area contributed by atoms with Crippen LogP contribution in [0, 0.1) is 11.8 Å². The van der Waals surface area contributed by atoms with Gasteiger partial charge in [-0.05, 0) is 19.1 Å². The number of aliphatic carboxylic acids is 1. The minimum Gasteiger partial charge on any atom is -0.477 e. The number of aliphatic hydroxyl groups is 2. The van der Waals surface area contributed by atoms with Crippen LogP contribution in [0.25, 0.3) is 0 Å². The highest BCUT2D eigenvalue weighted by Gasteiger charge is 2.60. The standard InChI is InChI=1S/C18H22N2O5S/c1-9-14-13(10(2)22)17(23)20(14)15(18(24)25)16(9)26-12(8-21)7-11-5-3-4-6-19-11/h3-6,9-10,12-14,21-22H,7-8H2,1-2H3,(H,24,25). The molecule has 2 aliphatic heterocycles. The van der Waals surface area contributed by atoms with Gasteiger partial charge < -0.3 is 20.2 Å². The molecule has 1 aromatic rings. The van der Waals surface area contributed by atoms with Gasteiger partial charge in [0.2, 0.25) is 5.91 Å².